The Kier molecular flexibility index (Phi) is 4.02. The summed E-state index contributed by atoms with van der Waals surface area (Å²) in [5.74, 6) is 0.0857. The number of rotatable bonds is 3. The van der Waals surface area contributed by atoms with E-state index in [0.29, 0.717) is 0 Å². The van der Waals surface area contributed by atoms with Crippen molar-refractivity contribution in [1.82, 2.24) is 15.6 Å². The average molecular weight is 267 g/mol. The molecule has 0 aromatic carbocycles. The molecule has 2 heterocycles. The van der Waals surface area contributed by atoms with E-state index in [9.17, 15) is 4.79 Å². The molecule has 0 bridgehead atoms. The Morgan fingerprint density at radius 3 is 2.94 bits per heavy atom. The molecule has 4 nitrogen and oxygen atoms in total. The fourth-order valence-electron chi connectivity index (χ4n) is 2.24. The molecule has 18 heavy (non-hydrogen) atoms. The normalized spacial score (nSPS) is 25.7. The highest BCUT2D eigenvalue weighted by Crippen LogP contribution is 2.22. The van der Waals surface area contributed by atoms with Crippen LogP contribution in [0.25, 0.3) is 0 Å². The second-order valence-corrected chi connectivity index (χ2v) is 6.13. The molecule has 1 fully saturated rings. The lowest BCUT2D eigenvalue weighted by molar-refractivity contribution is -0.128. The zero-order chi connectivity index (χ0) is 13.2. The number of nitrogens with one attached hydrogen (secondary N) is 2. The van der Waals surface area contributed by atoms with Gasteiger partial charge in [0.1, 0.15) is 5.01 Å². The molecule has 1 aromatic heterocycles. The van der Waals surface area contributed by atoms with E-state index in [1.165, 1.54) is 0 Å². The third-order valence-corrected chi connectivity index (χ3v) is 4.62. The minimum Gasteiger partial charge on any atom is -0.346 e. The quantitative estimate of drug-likeness (QED) is 0.882. The van der Waals surface area contributed by atoms with Crippen molar-refractivity contribution < 1.29 is 4.79 Å². The molecule has 0 saturated carbocycles. The third-order valence-electron chi connectivity index (χ3n) is 3.47. The summed E-state index contributed by atoms with van der Waals surface area (Å²) in [5, 5.41) is 9.38. The van der Waals surface area contributed by atoms with Gasteiger partial charge in [0.15, 0.2) is 0 Å². The number of piperidine rings is 1. The van der Waals surface area contributed by atoms with Crippen LogP contribution < -0.4 is 10.6 Å². The maximum atomic E-state index is 12.3. The molecule has 1 aromatic rings. The van der Waals surface area contributed by atoms with Crippen LogP contribution in [0.2, 0.25) is 0 Å². The number of carbonyl (C=O) groups excluding carboxylic acids is 1. The third kappa shape index (κ3) is 2.90. The van der Waals surface area contributed by atoms with E-state index < -0.39 is 5.54 Å². The Morgan fingerprint density at radius 2 is 2.39 bits per heavy atom. The lowest BCUT2D eigenvalue weighted by Crippen LogP contribution is -2.57. The zero-order valence-corrected chi connectivity index (χ0v) is 12.1. The molecular weight excluding hydrogens is 246 g/mol. The molecule has 2 rings (SSSR count). The molecule has 1 aliphatic heterocycles. The van der Waals surface area contributed by atoms with Crippen molar-refractivity contribution in [1.29, 1.82) is 0 Å². The molecule has 0 spiro atoms. The number of nitrogens with zero attached hydrogens (tertiary/aromatic N) is 1. The second-order valence-electron chi connectivity index (χ2n) is 5.24. The van der Waals surface area contributed by atoms with Crippen molar-refractivity contribution >= 4 is 17.2 Å². The zero-order valence-electron chi connectivity index (χ0n) is 11.2. The second kappa shape index (κ2) is 5.36. The molecule has 0 radical (unpaired) electrons. The predicted octanol–water partition coefficient (Wildman–Crippen LogP) is 2.16. The topological polar surface area (TPSA) is 54.0 Å². The van der Waals surface area contributed by atoms with Crippen molar-refractivity contribution in [3.8, 4) is 0 Å². The molecule has 2 N–H and O–H groups in total. The Balaban J connectivity index is 1.98. The Morgan fingerprint density at radius 1 is 1.61 bits per heavy atom. The lowest BCUT2D eigenvalue weighted by atomic mass is 9.90. The predicted molar refractivity (Wildman–Crippen MR) is 73.7 cm³/mol. The van der Waals surface area contributed by atoms with Gasteiger partial charge in [0.2, 0.25) is 5.91 Å². The number of hydrogen-bond donors (Lipinski definition) is 2. The first kappa shape index (κ1) is 13.5. The van der Waals surface area contributed by atoms with Gasteiger partial charge in [-0.05, 0) is 46.6 Å². The fraction of sp³-hybridized carbons (Fsp3) is 0.692. The smallest absolute Gasteiger partial charge is 0.240 e. The molecule has 5 heteroatoms. The van der Waals surface area contributed by atoms with Crippen LogP contribution in [-0.4, -0.2) is 23.0 Å². The maximum absolute atomic E-state index is 12.3. The summed E-state index contributed by atoms with van der Waals surface area (Å²) in [6.07, 6.45) is 3.17. The van der Waals surface area contributed by atoms with Crippen LogP contribution in [0.3, 0.4) is 0 Å². The van der Waals surface area contributed by atoms with E-state index in [4.69, 9.17) is 0 Å². The van der Waals surface area contributed by atoms with E-state index in [1.54, 1.807) is 11.3 Å². The summed E-state index contributed by atoms with van der Waals surface area (Å²) >= 11 is 1.60. The SMILES string of the molecule is Cc1csc(C(C)NC(=O)C2(C)CCCCN2)n1. The van der Waals surface area contributed by atoms with Crippen molar-refractivity contribution in [2.45, 2.75) is 51.6 Å². The van der Waals surface area contributed by atoms with E-state index in [0.717, 1.165) is 36.5 Å². The van der Waals surface area contributed by atoms with Gasteiger partial charge in [0.25, 0.3) is 0 Å². The summed E-state index contributed by atoms with van der Waals surface area (Å²) in [4.78, 5) is 16.7. The largest absolute Gasteiger partial charge is 0.346 e. The van der Waals surface area contributed by atoms with Gasteiger partial charge in [-0.1, -0.05) is 0 Å². The van der Waals surface area contributed by atoms with Gasteiger partial charge >= 0.3 is 0 Å². The molecule has 2 unspecified atom stereocenters. The monoisotopic (exact) mass is 267 g/mol. The van der Waals surface area contributed by atoms with E-state index >= 15 is 0 Å². The first-order valence-corrected chi connectivity index (χ1v) is 7.37. The summed E-state index contributed by atoms with van der Waals surface area (Å²) in [5.41, 5.74) is 0.594. The van der Waals surface area contributed by atoms with E-state index in [1.807, 2.05) is 26.2 Å². The summed E-state index contributed by atoms with van der Waals surface area (Å²) in [6, 6.07) is -0.0169. The molecule has 100 valence electrons. The van der Waals surface area contributed by atoms with Crippen molar-refractivity contribution in [3.05, 3.63) is 16.1 Å². The molecular formula is C13H21N3OS. The van der Waals surface area contributed by atoms with Gasteiger partial charge in [0, 0.05) is 11.1 Å². The number of carbonyl (C=O) groups is 1. The molecule has 1 amide bonds. The molecule has 2 atom stereocenters. The highest BCUT2D eigenvalue weighted by atomic mass is 32.1. The van der Waals surface area contributed by atoms with Crippen LogP contribution in [0.5, 0.6) is 0 Å². The van der Waals surface area contributed by atoms with E-state index in [-0.39, 0.29) is 11.9 Å². The Labute approximate surface area is 112 Å². The first-order valence-electron chi connectivity index (χ1n) is 6.49. The van der Waals surface area contributed by atoms with Crippen LogP contribution in [0.1, 0.15) is 49.9 Å². The number of aryl methyl sites for hydroxylation is 1. The summed E-state index contributed by atoms with van der Waals surface area (Å²) in [6.45, 7) is 6.87. The van der Waals surface area contributed by atoms with Gasteiger partial charge in [0.05, 0.1) is 11.6 Å². The highest BCUT2D eigenvalue weighted by molar-refractivity contribution is 7.09. The van der Waals surface area contributed by atoms with Gasteiger partial charge in [-0.3, -0.25) is 4.79 Å². The minimum atomic E-state index is -0.418. The van der Waals surface area contributed by atoms with Gasteiger partial charge in [-0.15, -0.1) is 11.3 Å². The van der Waals surface area contributed by atoms with Crippen molar-refractivity contribution in [3.63, 3.8) is 0 Å². The van der Waals surface area contributed by atoms with Crippen LogP contribution in [-0.2, 0) is 4.79 Å². The number of aromatic nitrogens is 1. The van der Waals surface area contributed by atoms with Gasteiger partial charge in [-0.25, -0.2) is 4.98 Å². The number of thiazole rings is 1. The lowest BCUT2D eigenvalue weighted by Gasteiger charge is -2.34. The van der Waals surface area contributed by atoms with Gasteiger partial charge in [-0.2, -0.15) is 0 Å². The first-order chi connectivity index (χ1) is 8.51. The van der Waals surface area contributed by atoms with Gasteiger partial charge < -0.3 is 10.6 Å². The van der Waals surface area contributed by atoms with Crippen LogP contribution >= 0.6 is 11.3 Å². The average Bonchev–Trinajstić information content (AvgIpc) is 2.77. The number of hydrogen-bond acceptors (Lipinski definition) is 4. The molecule has 1 saturated heterocycles. The van der Waals surface area contributed by atoms with Crippen LogP contribution in [0, 0.1) is 6.92 Å². The summed E-state index contributed by atoms with van der Waals surface area (Å²) < 4.78 is 0. The number of amides is 1. The molecule has 0 aliphatic carbocycles. The standard InChI is InChI=1S/C13H21N3OS/c1-9-8-18-11(15-9)10(2)16-12(17)13(3)6-4-5-7-14-13/h8,10,14H,4-7H2,1-3H3,(H,16,17). The van der Waals surface area contributed by atoms with Crippen molar-refractivity contribution in [2.75, 3.05) is 6.54 Å². The van der Waals surface area contributed by atoms with Crippen LogP contribution in [0.15, 0.2) is 5.38 Å². The van der Waals surface area contributed by atoms with Crippen LogP contribution in [0.4, 0.5) is 0 Å². The highest BCUT2D eigenvalue weighted by Gasteiger charge is 2.35. The van der Waals surface area contributed by atoms with E-state index in [2.05, 4.69) is 15.6 Å². The Hall–Kier alpha value is -0.940. The van der Waals surface area contributed by atoms with Crippen molar-refractivity contribution in [2.24, 2.45) is 0 Å². The minimum absolute atomic E-state index is 0.0169. The summed E-state index contributed by atoms with van der Waals surface area (Å²) in [7, 11) is 0. The fourth-order valence-corrected chi connectivity index (χ4v) is 3.04. The maximum Gasteiger partial charge on any atom is 0.240 e. The Bertz CT molecular complexity index is 424. The molecule has 1 aliphatic rings.